The van der Waals surface area contributed by atoms with Gasteiger partial charge in [0.25, 0.3) is 0 Å². The number of carbonyl (C=O) groups is 3. The van der Waals surface area contributed by atoms with E-state index in [0.717, 1.165) is 37.7 Å². The molecule has 0 spiro atoms. The molecule has 0 bridgehead atoms. The van der Waals surface area contributed by atoms with Crippen molar-refractivity contribution < 1.29 is 23.9 Å². The molecule has 5 heteroatoms. The van der Waals surface area contributed by atoms with Crippen LogP contribution in [0.25, 0.3) is 0 Å². The average Bonchev–Trinajstić information content (AvgIpc) is 2.54. The predicted molar refractivity (Wildman–Crippen MR) is 94.0 cm³/mol. The first-order chi connectivity index (χ1) is 12.2. The molecule has 3 fully saturated rings. The van der Waals surface area contributed by atoms with E-state index in [1.165, 1.54) is 6.92 Å². The van der Waals surface area contributed by atoms with E-state index in [2.05, 4.69) is 6.92 Å². The number of rotatable bonds is 1. The van der Waals surface area contributed by atoms with Gasteiger partial charge in [-0.1, -0.05) is 12.5 Å². The number of hydrogen-bond donors (Lipinski definition) is 0. The van der Waals surface area contributed by atoms with Crippen LogP contribution in [0, 0.1) is 23.2 Å². The number of fused-ring (bicyclic) bond motifs is 5. The predicted octanol–water partition coefficient (Wildman–Crippen LogP) is 3.36. The van der Waals surface area contributed by atoms with Crippen molar-refractivity contribution >= 4 is 17.7 Å². The zero-order valence-electron chi connectivity index (χ0n) is 15.9. The quantitative estimate of drug-likeness (QED) is 0.671. The van der Waals surface area contributed by atoms with E-state index < -0.39 is 5.60 Å². The van der Waals surface area contributed by atoms with Gasteiger partial charge in [0.1, 0.15) is 11.7 Å². The number of ether oxygens (including phenoxy) is 2. The lowest BCUT2D eigenvalue weighted by Gasteiger charge is -2.58. The molecule has 4 rings (SSSR count). The minimum absolute atomic E-state index is 0.0159. The van der Waals surface area contributed by atoms with E-state index in [1.54, 1.807) is 0 Å². The van der Waals surface area contributed by atoms with Crippen molar-refractivity contribution in [3.8, 4) is 0 Å². The maximum atomic E-state index is 13.1. The molecule has 0 radical (unpaired) electrons. The summed E-state index contributed by atoms with van der Waals surface area (Å²) in [5, 5.41) is 0. The Bertz CT molecular complexity index is 695. The van der Waals surface area contributed by atoms with Gasteiger partial charge in [0, 0.05) is 31.6 Å². The smallest absolute Gasteiger partial charge is 0.306 e. The Hall–Kier alpha value is -1.65. The maximum Gasteiger partial charge on any atom is 0.306 e. The fourth-order valence-electron chi connectivity index (χ4n) is 6.23. The minimum atomic E-state index is -0.497. The Morgan fingerprint density at radius 3 is 2.65 bits per heavy atom. The first kappa shape index (κ1) is 17.7. The summed E-state index contributed by atoms with van der Waals surface area (Å²) in [6, 6.07) is 0. The molecule has 1 aliphatic heterocycles. The highest BCUT2D eigenvalue weighted by atomic mass is 16.6. The van der Waals surface area contributed by atoms with Crippen molar-refractivity contribution in [1.29, 1.82) is 0 Å². The van der Waals surface area contributed by atoms with Gasteiger partial charge in [0.2, 0.25) is 0 Å². The van der Waals surface area contributed by atoms with E-state index >= 15 is 0 Å². The van der Waals surface area contributed by atoms with Crippen LogP contribution in [0.3, 0.4) is 0 Å². The van der Waals surface area contributed by atoms with Crippen LogP contribution in [0.2, 0.25) is 0 Å². The van der Waals surface area contributed by atoms with Crippen LogP contribution in [0.1, 0.15) is 65.7 Å². The Morgan fingerprint density at radius 1 is 1.15 bits per heavy atom. The van der Waals surface area contributed by atoms with Crippen molar-refractivity contribution in [2.24, 2.45) is 23.2 Å². The Balaban J connectivity index is 1.65. The fourth-order valence-corrected chi connectivity index (χ4v) is 6.23. The standard InChI is InChI=1S/C21H28O5/c1-12(22)25-14-6-8-20(2)13(10-14)11-17(23)19-15(20)7-9-21(3)16(19)4-5-18(24)26-21/h11,14-16,19H,4-10H2,1-3H3/t14-,15-,16-,19+,20-,21-/m0/s1. The molecule has 26 heavy (non-hydrogen) atoms. The molecule has 0 aromatic rings. The van der Waals surface area contributed by atoms with E-state index in [-0.39, 0.29) is 41.1 Å². The largest absolute Gasteiger partial charge is 0.462 e. The third-order valence-electron chi connectivity index (χ3n) is 7.57. The minimum Gasteiger partial charge on any atom is -0.462 e. The summed E-state index contributed by atoms with van der Waals surface area (Å²) in [5.41, 5.74) is 0.638. The summed E-state index contributed by atoms with van der Waals surface area (Å²) in [4.78, 5) is 36.2. The van der Waals surface area contributed by atoms with Crippen molar-refractivity contribution in [3.05, 3.63) is 11.6 Å². The number of esters is 2. The van der Waals surface area contributed by atoms with E-state index in [1.807, 2.05) is 13.0 Å². The maximum absolute atomic E-state index is 13.1. The first-order valence-corrected chi connectivity index (χ1v) is 9.87. The molecule has 0 amide bonds. The molecule has 2 saturated carbocycles. The number of carbonyl (C=O) groups excluding carboxylic acids is 3. The second-order valence-corrected chi connectivity index (χ2v) is 9.07. The van der Waals surface area contributed by atoms with Gasteiger partial charge in [-0.05, 0) is 56.4 Å². The summed E-state index contributed by atoms with van der Waals surface area (Å²) in [6.07, 6.45) is 7.07. The van der Waals surface area contributed by atoms with E-state index in [4.69, 9.17) is 9.47 Å². The van der Waals surface area contributed by atoms with Gasteiger partial charge < -0.3 is 9.47 Å². The van der Waals surface area contributed by atoms with Crippen LogP contribution in [0.4, 0.5) is 0 Å². The molecule has 142 valence electrons. The summed E-state index contributed by atoms with van der Waals surface area (Å²) in [6.45, 7) is 5.73. The average molecular weight is 360 g/mol. The van der Waals surface area contributed by atoms with E-state index in [0.29, 0.717) is 18.8 Å². The Kier molecular flexibility index (Phi) is 4.05. The molecule has 0 aromatic heterocycles. The van der Waals surface area contributed by atoms with Crippen molar-refractivity contribution in [3.63, 3.8) is 0 Å². The van der Waals surface area contributed by atoms with Gasteiger partial charge in [-0.25, -0.2) is 0 Å². The molecule has 6 atom stereocenters. The van der Waals surface area contributed by atoms with Crippen LogP contribution in [0.5, 0.6) is 0 Å². The number of ketones is 1. The van der Waals surface area contributed by atoms with E-state index in [9.17, 15) is 14.4 Å². The lowest BCUT2D eigenvalue weighted by Crippen LogP contribution is -2.58. The van der Waals surface area contributed by atoms with Crippen molar-refractivity contribution in [2.75, 3.05) is 0 Å². The summed E-state index contributed by atoms with van der Waals surface area (Å²) >= 11 is 0. The summed E-state index contributed by atoms with van der Waals surface area (Å²) in [7, 11) is 0. The van der Waals surface area contributed by atoms with Crippen LogP contribution in [0.15, 0.2) is 11.6 Å². The van der Waals surface area contributed by atoms with Crippen LogP contribution < -0.4 is 0 Å². The molecule has 0 unspecified atom stereocenters. The Morgan fingerprint density at radius 2 is 1.92 bits per heavy atom. The lowest BCUT2D eigenvalue weighted by molar-refractivity contribution is -0.194. The highest BCUT2D eigenvalue weighted by molar-refractivity contribution is 5.94. The van der Waals surface area contributed by atoms with Crippen molar-refractivity contribution in [2.45, 2.75) is 77.4 Å². The molecule has 0 aromatic carbocycles. The fraction of sp³-hybridized carbons (Fsp3) is 0.762. The summed E-state index contributed by atoms with van der Waals surface area (Å²) < 4.78 is 11.2. The normalized spacial score (nSPS) is 44.8. The molecular weight excluding hydrogens is 332 g/mol. The second kappa shape index (κ2) is 5.93. The zero-order valence-corrected chi connectivity index (χ0v) is 15.9. The first-order valence-electron chi connectivity index (χ1n) is 9.87. The third-order valence-corrected chi connectivity index (χ3v) is 7.57. The SMILES string of the molecule is CC(=O)O[C@H]1CC[C@@]2(C)C(=CC(=O)[C@@H]3[C@@H]2CC[C@]2(C)OC(=O)CC[C@@H]32)C1. The highest BCUT2D eigenvalue weighted by Crippen LogP contribution is 2.60. The van der Waals surface area contributed by atoms with Crippen LogP contribution in [-0.2, 0) is 23.9 Å². The second-order valence-electron chi connectivity index (χ2n) is 9.07. The monoisotopic (exact) mass is 360 g/mol. The van der Waals surface area contributed by atoms with Gasteiger partial charge in [0.15, 0.2) is 5.78 Å². The van der Waals surface area contributed by atoms with Gasteiger partial charge >= 0.3 is 11.9 Å². The Labute approximate surface area is 154 Å². The number of allylic oxidation sites excluding steroid dienone is 1. The van der Waals surface area contributed by atoms with Crippen molar-refractivity contribution in [1.82, 2.24) is 0 Å². The number of hydrogen-bond acceptors (Lipinski definition) is 5. The molecule has 3 aliphatic carbocycles. The molecule has 5 nitrogen and oxygen atoms in total. The van der Waals surface area contributed by atoms with Gasteiger partial charge in [-0.3, -0.25) is 14.4 Å². The van der Waals surface area contributed by atoms with Crippen LogP contribution >= 0.6 is 0 Å². The highest BCUT2D eigenvalue weighted by Gasteiger charge is 2.59. The molecule has 0 N–H and O–H groups in total. The van der Waals surface area contributed by atoms with Crippen LogP contribution in [-0.4, -0.2) is 29.4 Å². The van der Waals surface area contributed by atoms with Gasteiger partial charge in [0.05, 0.1) is 0 Å². The molecular formula is C21H28O5. The van der Waals surface area contributed by atoms with Gasteiger partial charge in [-0.2, -0.15) is 0 Å². The topological polar surface area (TPSA) is 69.7 Å². The summed E-state index contributed by atoms with van der Waals surface area (Å²) in [5.74, 6) is 0.155. The third kappa shape index (κ3) is 2.62. The molecule has 1 heterocycles. The lowest BCUT2D eigenvalue weighted by atomic mass is 9.48. The van der Waals surface area contributed by atoms with Gasteiger partial charge in [-0.15, -0.1) is 0 Å². The molecule has 4 aliphatic rings. The molecule has 1 saturated heterocycles. The zero-order chi connectivity index (χ0) is 18.7.